The van der Waals surface area contributed by atoms with Crippen molar-refractivity contribution in [2.45, 2.75) is 125 Å². The van der Waals surface area contributed by atoms with Gasteiger partial charge in [0.15, 0.2) is 5.78 Å². The van der Waals surface area contributed by atoms with Crippen LogP contribution in [0.2, 0.25) is 10.1 Å². The maximum atomic E-state index is 11.4. The molecule has 0 heterocycles. The Hall–Kier alpha value is -3.84. The molecule has 3 nitrogen and oxygen atoms in total. The summed E-state index contributed by atoms with van der Waals surface area (Å²) in [6, 6.07) is 43.3. The summed E-state index contributed by atoms with van der Waals surface area (Å²) >= 11 is 0. The van der Waals surface area contributed by atoms with E-state index in [1.807, 2.05) is 0 Å². The Kier molecular flexibility index (Phi) is 20.5. The smallest absolute Gasteiger partial charge is 0.261 e. The van der Waals surface area contributed by atoms with Crippen LogP contribution in [0.3, 0.4) is 0 Å². The van der Waals surface area contributed by atoms with Crippen molar-refractivity contribution in [1.82, 2.24) is 0 Å². The minimum atomic E-state index is -2.44. The summed E-state index contributed by atoms with van der Waals surface area (Å²) in [6.07, 6.45) is 6.10. The largest absolute Gasteiger partial charge is 0.407 e. The Labute approximate surface area is 357 Å². The van der Waals surface area contributed by atoms with Crippen LogP contribution in [0.25, 0.3) is 0 Å². The molecule has 58 heavy (non-hydrogen) atoms. The molecule has 5 heteroatoms. The topological polar surface area (TPSA) is 35.5 Å². The molecular weight excluding hydrogens is 741 g/mol. The highest BCUT2D eigenvalue weighted by Gasteiger charge is 2.51. The number of carbonyl (C=O) groups is 1. The van der Waals surface area contributed by atoms with Gasteiger partial charge in [0.05, 0.1) is 0 Å². The van der Waals surface area contributed by atoms with Crippen molar-refractivity contribution in [3.05, 3.63) is 151 Å². The molecule has 0 amide bonds. The average molecular weight is 817 g/mol. The number of hydrogen-bond acceptors (Lipinski definition) is 3. The van der Waals surface area contributed by atoms with E-state index in [-0.39, 0.29) is 23.3 Å². The predicted molar refractivity (Wildman–Crippen MR) is 258 cm³/mol. The van der Waals surface area contributed by atoms with Crippen molar-refractivity contribution >= 4 is 43.2 Å². The lowest BCUT2D eigenvalue weighted by Gasteiger charge is -2.43. The van der Waals surface area contributed by atoms with Crippen LogP contribution in [0.1, 0.15) is 115 Å². The van der Waals surface area contributed by atoms with Gasteiger partial charge in [-0.1, -0.05) is 197 Å². The standard InChI is InChI=1S/C26H36O2Si.C26H36OSi.CH4/c1-21(20-22(2)23(3)27)14-13-19-28-29(26(4,5)6,24-15-9-7-10-16-24)25-17-11-8-12-18-25;1-7-22(2)21-23(3)15-14-20-27-28(26(4,5)6,24-16-10-8-11-17-24)25-18-12-9-13-19-25;/h7-12,15-18,21H,2,13-14,19-20H2,1,3-6H3;8-13,16-19,23H,1,14-15,20-21H2,2-6H3;1H4/t21-;23-;/m00./s1. The van der Waals surface area contributed by atoms with Crippen molar-refractivity contribution in [3.8, 4) is 0 Å². The quantitative estimate of drug-likeness (QED) is 0.0409. The molecule has 0 spiro atoms. The number of carbonyl (C=O) groups excluding carboxylic acids is 1. The SMILES string of the molecule is C.C=C(C[C@@H](C)CCCO[Si](c1ccccc1)(c1ccccc1)C(C)(C)C)C(C)=O.C=C=C(C)C[C@@H](C)CCCO[Si](c1ccccc1)(c1ccccc1)C(C)(C)C. The molecule has 4 aromatic carbocycles. The van der Waals surface area contributed by atoms with Gasteiger partial charge < -0.3 is 8.85 Å². The molecule has 2 atom stereocenters. The third-order valence-corrected chi connectivity index (χ3v) is 21.3. The summed E-state index contributed by atoms with van der Waals surface area (Å²) < 4.78 is 13.9. The first-order valence-corrected chi connectivity index (χ1v) is 24.9. The Morgan fingerprint density at radius 3 is 1.14 bits per heavy atom. The van der Waals surface area contributed by atoms with Crippen molar-refractivity contribution < 1.29 is 13.6 Å². The highest BCUT2D eigenvalue weighted by molar-refractivity contribution is 7.00. The molecule has 0 aliphatic heterocycles. The van der Waals surface area contributed by atoms with Crippen molar-refractivity contribution in [2.24, 2.45) is 11.8 Å². The van der Waals surface area contributed by atoms with Crippen LogP contribution in [0.15, 0.2) is 151 Å². The predicted octanol–water partition coefficient (Wildman–Crippen LogP) is 12.3. The molecule has 0 N–H and O–H groups in total. The average Bonchev–Trinajstić information content (AvgIpc) is 3.18. The Bertz CT molecular complexity index is 1750. The van der Waals surface area contributed by atoms with Gasteiger partial charge in [-0.3, -0.25) is 4.79 Å². The first-order chi connectivity index (χ1) is 27.0. The molecule has 0 radical (unpaired) electrons. The lowest BCUT2D eigenvalue weighted by atomic mass is 9.96. The highest BCUT2D eigenvalue weighted by atomic mass is 28.4. The monoisotopic (exact) mass is 817 g/mol. The van der Waals surface area contributed by atoms with Crippen LogP contribution in [0, 0.1) is 11.8 Å². The fraction of sp³-hybridized carbons (Fsp3) is 0.434. The maximum Gasteiger partial charge on any atom is 0.261 e. The van der Waals surface area contributed by atoms with Crippen LogP contribution in [0.4, 0.5) is 0 Å². The van der Waals surface area contributed by atoms with E-state index in [0.29, 0.717) is 11.8 Å². The van der Waals surface area contributed by atoms with Crippen molar-refractivity contribution in [1.29, 1.82) is 0 Å². The molecule has 0 unspecified atom stereocenters. The van der Waals surface area contributed by atoms with Crippen molar-refractivity contribution in [3.63, 3.8) is 0 Å². The van der Waals surface area contributed by atoms with Gasteiger partial charge >= 0.3 is 0 Å². The maximum absolute atomic E-state index is 11.4. The summed E-state index contributed by atoms with van der Waals surface area (Å²) in [5, 5.41) is 5.39. The number of ketones is 1. The summed E-state index contributed by atoms with van der Waals surface area (Å²) in [6.45, 7) is 31.3. The Morgan fingerprint density at radius 1 is 0.586 bits per heavy atom. The third kappa shape index (κ3) is 13.6. The van der Waals surface area contributed by atoms with E-state index in [1.54, 1.807) is 6.92 Å². The van der Waals surface area contributed by atoms with E-state index in [1.165, 1.54) is 26.3 Å². The van der Waals surface area contributed by atoms with E-state index in [4.69, 9.17) is 8.85 Å². The lowest BCUT2D eigenvalue weighted by Crippen LogP contribution is -2.66. The molecular formula is C53H76O3Si2. The van der Waals surface area contributed by atoms with Crippen LogP contribution >= 0.6 is 0 Å². The summed E-state index contributed by atoms with van der Waals surface area (Å²) in [4.78, 5) is 11.4. The number of Topliss-reactive ketones (excluding diaryl/α,β-unsaturated/α-hetero) is 1. The van der Waals surface area contributed by atoms with Gasteiger partial charge in [0.1, 0.15) is 0 Å². The zero-order chi connectivity index (χ0) is 42.1. The van der Waals surface area contributed by atoms with Crippen LogP contribution in [-0.4, -0.2) is 35.6 Å². The van der Waals surface area contributed by atoms with Crippen LogP contribution < -0.4 is 20.7 Å². The first-order valence-electron chi connectivity index (χ1n) is 21.0. The highest BCUT2D eigenvalue weighted by Crippen LogP contribution is 2.38. The minimum Gasteiger partial charge on any atom is -0.407 e. The summed E-state index contributed by atoms with van der Waals surface area (Å²) in [5.74, 6) is 1.17. The van der Waals surface area contributed by atoms with Gasteiger partial charge in [-0.05, 0) is 106 Å². The van der Waals surface area contributed by atoms with Crippen LogP contribution in [-0.2, 0) is 13.6 Å². The molecule has 0 aliphatic carbocycles. The molecule has 4 rings (SSSR count). The fourth-order valence-corrected chi connectivity index (χ4v) is 17.4. The van der Waals surface area contributed by atoms with Gasteiger partial charge in [-0.15, -0.1) is 5.73 Å². The van der Waals surface area contributed by atoms with E-state index in [2.05, 4.69) is 203 Å². The zero-order valence-corrected chi connectivity index (χ0v) is 39.0. The van der Waals surface area contributed by atoms with Gasteiger partial charge in [0.2, 0.25) is 0 Å². The number of rotatable bonds is 19. The van der Waals surface area contributed by atoms with Crippen molar-refractivity contribution in [2.75, 3.05) is 13.2 Å². The lowest BCUT2D eigenvalue weighted by molar-refractivity contribution is -0.113. The number of hydrogen-bond donors (Lipinski definition) is 0. The molecule has 4 aromatic rings. The molecule has 0 saturated carbocycles. The molecule has 0 fully saturated rings. The number of benzene rings is 4. The number of allylic oxidation sites excluding steroid dienone is 2. The van der Waals surface area contributed by atoms with Gasteiger partial charge in [-0.25, -0.2) is 0 Å². The fourth-order valence-electron chi connectivity index (χ4n) is 8.20. The molecule has 0 saturated heterocycles. The molecule has 0 bridgehead atoms. The molecule has 0 aromatic heterocycles. The van der Waals surface area contributed by atoms with Gasteiger partial charge in [-0.2, -0.15) is 0 Å². The Morgan fingerprint density at radius 2 is 0.879 bits per heavy atom. The van der Waals surface area contributed by atoms with Crippen LogP contribution in [0.5, 0.6) is 0 Å². The second-order valence-electron chi connectivity index (χ2n) is 18.0. The van der Waals surface area contributed by atoms with E-state index in [0.717, 1.165) is 57.3 Å². The second kappa shape index (κ2) is 23.7. The first kappa shape index (κ1) is 50.3. The third-order valence-electron chi connectivity index (χ3n) is 11.2. The van der Waals surface area contributed by atoms with E-state index in [9.17, 15) is 4.79 Å². The van der Waals surface area contributed by atoms with Gasteiger partial charge in [0, 0.05) is 13.2 Å². The summed E-state index contributed by atoms with van der Waals surface area (Å²) in [7, 11) is -4.83. The zero-order valence-electron chi connectivity index (χ0n) is 37.0. The van der Waals surface area contributed by atoms with E-state index >= 15 is 0 Å². The summed E-state index contributed by atoms with van der Waals surface area (Å²) in [5.41, 5.74) is 4.99. The Balaban J connectivity index is 0.000000394. The normalized spacial score (nSPS) is 12.9. The van der Waals surface area contributed by atoms with Gasteiger partial charge in [0.25, 0.3) is 16.6 Å². The van der Waals surface area contributed by atoms with E-state index < -0.39 is 16.6 Å². The minimum absolute atomic E-state index is 0. The molecule has 314 valence electrons. The molecule has 0 aliphatic rings. The second-order valence-corrected chi connectivity index (χ2v) is 26.7.